The molecule has 8 heteroatoms. The molecule has 1 aliphatic rings. The van der Waals surface area contributed by atoms with Gasteiger partial charge in [-0.3, -0.25) is 0 Å². The molecule has 2 unspecified atom stereocenters. The number of quaternary nitrogens is 2. The normalized spacial score (nSPS) is 20.1. The van der Waals surface area contributed by atoms with Gasteiger partial charge in [-0.1, -0.05) is 39.0 Å². The van der Waals surface area contributed by atoms with Gasteiger partial charge in [0.25, 0.3) is 0 Å². The van der Waals surface area contributed by atoms with Gasteiger partial charge in [-0.25, -0.2) is 14.3 Å². The Hall–Kier alpha value is -1.51. The van der Waals surface area contributed by atoms with Crippen molar-refractivity contribution in [3.63, 3.8) is 0 Å². The zero-order valence-corrected chi connectivity index (χ0v) is 18.3. The number of unbranched alkanes of at least 4 members (excludes halogenated alkanes) is 5. The van der Waals surface area contributed by atoms with Crippen molar-refractivity contribution in [3.05, 3.63) is 0 Å². The largest absolute Gasteiger partial charge is 0.544 e. The summed E-state index contributed by atoms with van der Waals surface area (Å²) in [5, 5.41) is 29.0. The minimum atomic E-state index is -1.00. The summed E-state index contributed by atoms with van der Waals surface area (Å²) in [7, 11) is 5.40. The molecule has 1 aliphatic heterocycles. The Morgan fingerprint density at radius 2 is 1.75 bits per heavy atom. The van der Waals surface area contributed by atoms with E-state index in [1.165, 1.54) is 25.7 Å². The molecule has 0 spiro atoms. The number of hydrogen-bond acceptors (Lipinski definition) is 5. The Morgan fingerprint density at radius 3 is 2.18 bits per heavy atom. The Balaban J connectivity index is 0.000000769. The van der Waals surface area contributed by atoms with Gasteiger partial charge < -0.3 is 24.6 Å². The van der Waals surface area contributed by atoms with E-state index in [1.807, 2.05) is 0 Å². The molecule has 8 nitrogen and oxygen atoms in total. The van der Waals surface area contributed by atoms with E-state index in [1.54, 1.807) is 28.1 Å². The highest BCUT2D eigenvalue weighted by atomic mass is 16.4. The number of carboxylic acid groups (broad SMARTS) is 2. The second-order valence-electron chi connectivity index (χ2n) is 8.58. The molecule has 0 aromatic rings. The molecule has 0 saturated carbocycles. The van der Waals surface area contributed by atoms with Crippen LogP contribution in [0.5, 0.6) is 0 Å². The first kappa shape index (κ1) is 26.5. The van der Waals surface area contributed by atoms with Crippen LogP contribution in [0.2, 0.25) is 0 Å². The lowest BCUT2D eigenvalue weighted by atomic mass is 10.1. The van der Waals surface area contributed by atoms with Gasteiger partial charge in [0.05, 0.1) is 33.7 Å². The third kappa shape index (κ3) is 10.7. The second-order valence-corrected chi connectivity index (χ2v) is 8.58. The number of aliphatic imine (C=N–C) groups is 1. The van der Waals surface area contributed by atoms with E-state index in [9.17, 15) is 19.8 Å². The molecule has 0 aromatic carbocycles. The van der Waals surface area contributed by atoms with Crippen molar-refractivity contribution in [1.29, 1.82) is 0 Å². The number of amidine groups is 1. The minimum Gasteiger partial charge on any atom is -0.544 e. The maximum Gasteiger partial charge on any atom is 0.359 e. The standard InChI is InChI=1S/C15H28N2O3.C5H11NO2/c1-3-4-5-6-7-8-9-14-16-10-11-17(14,13(2)18)12-15(19)20;1-6(2,3)4-5(7)8/h13,18H,3-12H2,1-2H3;4H2,1-3H3/p+1. The summed E-state index contributed by atoms with van der Waals surface area (Å²) in [5.74, 6) is -1.00. The number of carbonyl (C=O) groups is 2. The van der Waals surface area contributed by atoms with E-state index in [0.717, 1.165) is 25.1 Å². The average molecular weight is 403 g/mol. The first-order valence-electron chi connectivity index (χ1n) is 10.3. The molecular formula is C20H40N3O5+. The molecule has 0 aromatic heterocycles. The minimum absolute atomic E-state index is 0.0632. The van der Waals surface area contributed by atoms with Crippen molar-refractivity contribution < 1.29 is 33.9 Å². The van der Waals surface area contributed by atoms with Crippen LogP contribution in [0, 0.1) is 0 Å². The summed E-state index contributed by atoms with van der Waals surface area (Å²) in [6.07, 6.45) is 7.34. The zero-order chi connectivity index (χ0) is 21.8. The molecule has 1 heterocycles. The molecule has 0 radical (unpaired) electrons. The summed E-state index contributed by atoms with van der Waals surface area (Å²) < 4.78 is 0.548. The Kier molecular flexibility index (Phi) is 12.2. The number of aliphatic hydroxyl groups is 1. The molecule has 0 bridgehead atoms. The molecule has 28 heavy (non-hydrogen) atoms. The van der Waals surface area contributed by atoms with Crippen LogP contribution in [0.15, 0.2) is 4.99 Å². The van der Waals surface area contributed by atoms with Crippen molar-refractivity contribution in [2.75, 3.05) is 47.3 Å². The Bertz CT molecular complexity index is 514. The zero-order valence-electron chi connectivity index (χ0n) is 18.3. The molecule has 1 rings (SSSR count). The van der Waals surface area contributed by atoms with Crippen molar-refractivity contribution >= 4 is 17.8 Å². The van der Waals surface area contributed by atoms with E-state index in [2.05, 4.69) is 11.9 Å². The van der Waals surface area contributed by atoms with Crippen LogP contribution in [0.25, 0.3) is 0 Å². The van der Waals surface area contributed by atoms with Crippen LogP contribution in [-0.2, 0) is 9.59 Å². The van der Waals surface area contributed by atoms with Gasteiger partial charge in [0.2, 0.25) is 5.84 Å². The van der Waals surface area contributed by atoms with Gasteiger partial charge in [-0.05, 0) is 6.42 Å². The van der Waals surface area contributed by atoms with Gasteiger partial charge in [0.15, 0.2) is 12.8 Å². The summed E-state index contributed by atoms with van der Waals surface area (Å²) in [4.78, 5) is 25.4. The van der Waals surface area contributed by atoms with Crippen molar-refractivity contribution in [2.24, 2.45) is 4.99 Å². The van der Waals surface area contributed by atoms with E-state index < -0.39 is 18.2 Å². The molecular weight excluding hydrogens is 362 g/mol. The lowest BCUT2D eigenvalue weighted by Gasteiger charge is -2.35. The number of nitrogens with zero attached hydrogens (tertiary/aromatic N) is 3. The number of hydrogen-bond donors (Lipinski definition) is 2. The van der Waals surface area contributed by atoms with Crippen LogP contribution < -0.4 is 5.11 Å². The van der Waals surface area contributed by atoms with Crippen LogP contribution in [0.4, 0.5) is 0 Å². The fourth-order valence-electron chi connectivity index (χ4n) is 3.33. The molecule has 2 N–H and O–H groups in total. The van der Waals surface area contributed by atoms with Crippen molar-refractivity contribution in [3.8, 4) is 0 Å². The highest BCUT2D eigenvalue weighted by Crippen LogP contribution is 2.23. The maximum absolute atomic E-state index is 11.1. The second kappa shape index (κ2) is 12.9. The maximum atomic E-state index is 11.1. The predicted molar refractivity (Wildman–Crippen MR) is 108 cm³/mol. The van der Waals surface area contributed by atoms with Gasteiger partial charge >= 0.3 is 5.97 Å². The quantitative estimate of drug-likeness (QED) is 0.371. The number of aliphatic hydroxyl groups excluding tert-OH is 1. The average Bonchev–Trinajstić information content (AvgIpc) is 2.92. The van der Waals surface area contributed by atoms with Crippen LogP contribution in [0.3, 0.4) is 0 Å². The van der Waals surface area contributed by atoms with Gasteiger partial charge in [0.1, 0.15) is 13.1 Å². The summed E-state index contributed by atoms with van der Waals surface area (Å²) in [6, 6.07) is 0. The van der Waals surface area contributed by atoms with Crippen molar-refractivity contribution in [1.82, 2.24) is 0 Å². The molecule has 2 atom stereocenters. The number of likely N-dealkylation sites (N-methyl/N-ethyl adjacent to an activating group) is 1. The summed E-state index contributed by atoms with van der Waals surface area (Å²) in [6.45, 7) is 5.11. The monoisotopic (exact) mass is 402 g/mol. The smallest absolute Gasteiger partial charge is 0.359 e. The van der Waals surface area contributed by atoms with E-state index >= 15 is 0 Å². The summed E-state index contributed by atoms with van der Waals surface area (Å²) >= 11 is 0. The number of carboxylic acids is 2. The molecule has 0 amide bonds. The SMILES string of the molecule is CCCCCCCCC1=NCC[N+]1(CC(=O)O)C(C)O.C[N+](C)(C)CC(=O)[O-]. The number of aliphatic carboxylic acids is 2. The lowest BCUT2D eigenvalue weighted by Crippen LogP contribution is -2.59. The predicted octanol–water partition coefficient (Wildman–Crippen LogP) is 0.831. The fourth-order valence-corrected chi connectivity index (χ4v) is 3.33. The highest BCUT2D eigenvalue weighted by Gasteiger charge is 2.43. The summed E-state index contributed by atoms with van der Waals surface area (Å²) in [5.41, 5.74) is 0. The first-order chi connectivity index (χ1) is 12.9. The van der Waals surface area contributed by atoms with E-state index in [-0.39, 0.29) is 17.6 Å². The van der Waals surface area contributed by atoms with Crippen LogP contribution >= 0.6 is 0 Å². The van der Waals surface area contributed by atoms with E-state index in [0.29, 0.717) is 17.6 Å². The lowest BCUT2D eigenvalue weighted by molar-refractivity contribution is -0.877. The third-order valence-electron chi connectivity index (χ3n) is 4.80. The van der Waals surface area contributed by atoms with Crippen LogP contribution in [0.1, 0.15) is 58.8 Å². The first-order valence-corrected chi connectivity index (χ1v) is 10.3. The molecule has 0 aliphatic carbocycles. The Labute approximate surface area is 169 Å². The van der Waals surface area contributed by atoms with Gasteiger partial charge in [0, 0.05) is 13.3 Å². The van der Waals surface area contributed by atoms with Crippen molar-refractivity contribution in [2.45, 2.75) is 65.0 Å². The number of carbonyl (C=O) groups excluding carboxylic acids is 1. The van der Waals surface area contributed by atoms with Gasteiger partial charge in [-0.2, -0.15) is 0 Å². The molecule has 164 valence electrons. The fraction of sp³-hybridized carbons (Fsp3) is 0.850. The van der Waals surface area contributed by atoms with Gasteiger partial charge in [-0.15, -0.1) is 0 Å². The third-order valence-corrected chi connectivity index (χ3v) is 4.80. The molecule has 0 fully saturated rings. The van der Waals surface area contributed by atoms with Crippen LogP contribution in [-0.4, -0.2) is 90.5 Å². The highest BCUT2D eigenvalue weighted by molar-refractivity contribution is 5.80. The molecule has 0 saturated heterocycles. The topological polar surface area (TPSA) is 110 Å². The number of rotatable bonds is 12. The Morgan fingerprint density at radius 1 is 1.18 bits per heavy atom. The van der Waals surface area contributed by atoms with E-state index in [4.69, 9.17) is 5.11 Å².